The molecule has 0 aromatic heterocycles. The zero-order valence-corrected chi connectivity index (χ0v) is 16.8. The van der Waals surface area contributed by atoms with Gasteiger partial charge in [0.1, 0.15) is 6.10 Å². The second-order valence-electron chi connectivity index (χ2n) is 7.59. The summed E-state index contributed by atoms with van der Waals surface area (Å²) in [5.41, 5.74) is 4.09. The molecule has 0 aromatic carbocycles. The smallest absolute Gasteiger partial charge is 0.103 e. The van der Waals surface area contributed by atoms with Gasteiger partial charge in [-0.3, -0.25) is 0 Å². The van der Waals surface area contributed by atoms with Gasteiger partial charge in [-0.2, -0.15) is 0 Å². The first-order chi connectivity index (χ1) is 12.5. The molecular formula is C21H43NO4. The first kappa shape index (κ1) is 25.5. The van der Waals surface area contributed by atoms with Crippen molar-refractivity contribution in [1.82, 2.24) is 0 Å². The summed E-state index contributed by atoms with van der Waals surface area (Å²) < 4.78 is 0. The van der Waals surface area contributed by atoms with Crippen LogP contribution < -0.4 is 5.73 Å². The molecule has 0 spiro atoms. The van der Waals surface area contributed by atoms with Crippen LogP contribution in [0.1, 0.15) is 90.4 Å². The van der Waals surface area contributed by atoms with Gasteiger partial charge in [0, 0.05) is 0 Å². The number of allylic oxidation sites excluding steroid dienone is 1. The van der Waals surface area contributed by atoms with Gasteiger partial charge in [0.25, 0.3) is 0 Å². The van der Waals surface area contributed by atoms with Crippen LogP contribution in [-0.4, -0.2) is 51.4 Å². The van der Waals surface area contributed by atoms with Crippen LogP contribution >= 0.6 is 0 Å². The minimum absolute atomic E-state index is 0.262. The predicted molar refractivity (Wildman–Crippen MR) is 108 cm³/mol. The molecule has 5 heteroatoms. The molecule has 5 nitrogen and oxygen atoms in total. The second-order valence-corrected chi connectivity index (χ2v) is 7.59. The van der Waals surface area contributed by atoms with E-state index in [-0.39, 0.29) is 6.42 Å². The topological polar surface area (TPSA) is 107 Å². The van der Waals surface area contributed by atoms with Crippen molar-refractivity contribution in [2.24, 2.45) is 5.73 Å². The summed E-state index contributed by atoms with van der Waals surface area (Å²) in [5.74, 6) is 0. The largest absolute Gasteiger partial charge is 0.394 e. The van der Waals surface area contributed by atoms with Crippen molar-refractivity contribution in [3.8, 4) is 0 Å². The quantitative estimate of drug-likeness (QED) is 0.187. The Hall–Kier alpha value is -0.460. The Morgan fingerprint density at radius 1 is 0.769 bits per heavy atom. The maximum absolute atomic E-state index is 9.91. The molecule has 6 N–H and O–H groups in total. The summed E-state index contributed by atoms with van der Waals surface area (Å²) in [6.07, 6.45) is 17.2. The standard InChI is InChI=1S/C21H43NO4/c1-2-3-4-5-6-7-8-9-10-11-12-13-14-15-16-19(25)20(26)21(22,17-23)18-24/h14-15,19-20,23-26H,2-13,16-18,22H2,1H3/b15-14+/t19-,20+/m1/s1. The van der Waals surface area contributed by atoms with Crippen LogP contribution in [0.15, 0.2) is 12.2 Å². The van der Waals surface area contributed by atoms with Crippen LogP contribution in [0.3, 0.4) is 0 Å². The van der Waals surface area contributed by atoms with Crippen LogP contribution in [0.4, 0.5) is 0 Å². The Balaban J connectivity index is 3.56. The zero-order valence-electron chi connectivity index (χ0n) is 16.8. The van der Waals surface area contributed by atoms with Gasteiger partial charge >= 0.3 is 0 Å². The number of hydrogen-bond donors (Lipinski definition) is 5. The molecule has 0 radical (unpaired) electrons. The van der Waals surface area contributed by atoms with E-state index >= 15 is 0 Å². The molecule has 156 valence electrons. The molecule has 0 heterocycles. The predicted octanol–water partition coefficient (Wildman–Crippen LogP) is 3.04. The first-order valence-electron chi connectivity index (χ1n) is 10.5. The molecular weight excluding hydrogens is 330 g/mol. The number of hydrogen-bond acceptors (Lipinski definition) is 5. The maximum Gasteiger partial charge on any atom is 0.103 e. The van der Waals surface area contributed by atoms with Gasteiger partial charge in [-0.15, -0.1) is 0 Å². The van der Waals surface area contributed by atoms with Gasteiger partial charge in [-0.25, -0.2) is 0 Å². The van der Waals surface area contributed by atoms with E-state index in [1.54, 1.807) is 0 Å². The van der Waals surface area contributed by atoms with Gasteiger partial charge in [0.15, 0.2) is 0 Å². The van der Waals surface area contributed by atoms with Gasteiger partial charge in [-0.1, -0.05) is 83.3 Å². The first-order valence-corrected chi connectivity index (χ1v) is 10.5. The van der Waals surface area contributed by atoms with E-state index in [1.165, 1.54) is 64.2 Å². The van der Waals surface area contributed by atoms with Crippen LogP contribution in [0, 0.1) is 0 Å². The minimum atomic E-state index is -1.57. The normalized spacial score (nSPS) is 14.8. The Bertz CT molecular complexity index is 332. The number of rotatable bonds is 18. The summed E-state index contributed by atoms with van der Waals surface area (Å²) in [6.45, 7) is 1.09. The van der Waals surface area contributed by atoms with Crippen molar-refractivity contribution in [1.29, 1.82) is 0 Å². The lowest BCUT2D eigenvalue weighted by Gasteiger charge is -2.33. The highest BCUT2D eigenvalue weighted by molar-refractivity contribution is 4.97. The molecule has 0 aliphatic carbocycles. The molecule has 0 aliphatic heterocycles. The van der Waals surface area contributed by atoms with Crippen LogP contribution in [-0.2, 0) is 0 Å². The monoisotopic (exact) mass is 373 g/mol. The molecule has 0 aromatic rings. The zero-order chi connectivity index (χ0) is 19.7. The highest BCUT2D eigenvalue weighted by atomic mass is 16.3. The highest BCUT2D eigenvalue weighted by Crippen LogP contribution is 2.14. The molecule has 0 rings (SSSR count). The van der Waals surface area contributed by atoms with E-state index in [9.17, 15) is 10.2 Å². The number of unbranched alkanes of at least 4 members (excludes halogenated alkanes) is 11. The van der Waals surface area contributed by atoms with E-state index in [4.69, 9.17) is 15.9 Å². The Morgan fingerprint density at radius 3 is 1.69 bits per heavy atom. The molecule has 0 saturated carbocycles. The summed E-state index contributed by atoms with van der Waals surface area (Å²) in [6, 6.07) is 0. The molecule has 0 fully saturated rings. The van der Waals surface area contributed by atoms with Crippen LogP contribution in [0.5, 0.6) is 0 Å². The Kier molecular flexibility index (Phi) is 16.4. The van der Waals surface area contributed by atoms with E-state index in [0.29, 0.717) is 0 Å². The summed E-state index contributed by atoms with van der Waals surface area (Å²) in [7, 11) is 0. The second kappa shape index (κ2) is 16.7. The minimum Gasteiger partial charge on any atom is -0.394 e. The molecule has 26 heavy (non-hydrogen) atoms. The maximum atomic E-state index is 9.91. The average Bonchev–Trinajstić information content (AvgIpc) is 2.66. The van der Waals surface area contributed by atoms with Gasteiger partial charge in [0.2, 0.25) is 0 Å². The molecule has 0 aliphatic rings. The summed E-state index contributed by atoms with van der Waals surface area (Å²) in [4.78, 5) is 0. The molecule has 0 bridgehead atoms. The van der Waals surface area contributed by atoms with Crippen molar-refractivity contribution in [2.75, 3.05) is 13.2 Å². The Morgan fingerprint density at radius 2 is 1.23 bits per heavy atom. The van der Waals surface area contributed by atoms with Gasteiger partial charge in [0.05, 0.1) is 24.9 Å². The highest BCUT2D eigenvalue weighted by Gasteiger charge is 2.36. The fourth-order valence-corrected chi connectivity index (χ4v) is 3.03. The third kappa shape index (κ3) is 12.0. The van der Waals surface area contributed by atoms with Crippen LogP contribution in [0.25, 0.3) is 0 Å². The third-order valence-electron chi connectivity index (χ3n) is 5.06. The van der Waals surface area contributed by atoms with Crippen LogP contribution in [0.2, 0.25) is 0 Å². The molecule has 0 unspecified atom stereocenters. The molecule has 2 atom stereocenters. The molecule has 0 saturated heterocycles. The van der Waals surface area contributed by atoms with Crippen molar-refractivity contribution < 1.29 is 20.4 Å². The number of nitrogens with two attached hydrogens (primary N) is 1. The summed E-state index contributed by atoms with van der Waals surface area (Å²) in [5, 5.41) is 38.1. The number of aliphatic hydroxyl groups is 4. The molecule has 0 amide bonds. The van der Waals surface area contributed by atoms with Crippen molar-refractivity contribution in [2.45, 2.75) is 108 Å². The van der Waals surface area contributed by atoms with Crippen molar-refractivity contribution in [3.05, 3.63) is 12.2 Å². The van der Waals surface area contributed by atoms with Gasteiger partial charge < -0.3 is 26.2 Å². The fraction of sp³-hybridized carbons (Fsp3) is 0.905. The van der Waals surface area contributed by atoms with Gasteiger partial charge in [-0.05, 0) is 19.3 Å². The third-order valence-corrected chi connectivity index (χ3v) is 5.06. The lowest BCUT2D eigenvalue weighted by atomic mass is 9.90. The number of aliphatic hydroxyl groups excluding tert-OH is 4. The van der Waals surface area contributed by atoms with Crippen molar-refractivity contribution >= 4 is 0 Å². The Labute approximate surface area is 160 Å². The SMILES string of the molecule is CCCCCCCCCCCCC/C=C/C[C@@H](O)[C@H](O)C(N)(CO)CO. The lowest BCUT2D eigenvalue weighted by molar-refractivity contribution is -0.0616. The van der Waals surface area contributed by atoms with E-state index in [1.807, 2.05) is 12.2 Å². The van der Waals surface area contributed by atoms with Crippen molar-refractivity contribution in [3.63, 3.8) is 0 Å². The van der Waals surface area contributed by atoms with E-state index in [0.717, 1.165) is 12.8 Å². The fourth-order valence-electron chi connectivity index (χ4n) is 3.03. The van der Waals surface area contributed by atoms with E-state index < -0.39 is 31.0 Å². The van der Waals surface area contributed by atoms with E-state index in [2.05, 4.69) is 6.92 Å². The lowest BCUT2D eigenvalue weighted by Crippen LogP contribution is -2.60. The summed E-state index contributed by atoms with van der Waals surface area (Å²) >= 11 is 0. The average molecular weight is 374 g/mol.